The van der Waals surface area contributed by atoms with Crippen molar-refractivity contribution in [3.8, 4) is 5.75 Å². The van der Waals surface area contributed by atoms with E-state index in [0.29, 0.717) is 5.69 Å². The molecule has 6 heteroatoms. The zero-order valence-electron chi connectivity index (χ0n) is 13.8. The molecule has 0 bridgehead atoms. The summed E-state index contributed by atoms with van der Waals surface area (Å²) in [6.07, 6.45) is 0.735. The van der Waals surface area contributed by atoms with Crippen molar-refractivity contribution in [3.05, 3.63) is 58.7 Å². The largest absolute Gasteiger partial charge is 0.486 e. The van der Waals surface area contributed by atoms with E-state index in [4.69, 9.17) is 21.7 Å². The zero-order chi connectivity index (χ0) is 17.7. The molecule has 0 unspecified atom stereocenters. The van der Waals surface area contributed by atoms with E-state index in [1.807, 2.05) is 13.8 Å². The molecule has 0 aliphatic carbocycles. The molecule has 0 fully saturated rings. The minimum absolute atomic E-state index is 0.0909. The molecule has 1 N–H and O–H groups in total. The molecule has 0 amide bonds. The van der Waals surface area contributed by atoms with Gasteiger partial charge in [-0.1, -0.05) is 13.0 Å². The summed E-state index contributed by atoms with van der Waals surface area (Å²) in [4.78, 5) is 0. The molecular formula is C18H19F2NO2S. The fraction of sp³-hybridized carbons (Fsp3) is 0.278. The highest BCUT2D eigenvalue weighted by molar-refractivity contribution is 7.80. The molecule has 2 rings (SSSR count). The van der Waals surface area contributed by atoms with Crippen LogP contribution in [0.15, 0.2) is 30.3 Å². The van der Waals surface area contributed by atoms with Crippen molar-refractivity contribution >= 4 is 23.1 Å². The molecule has 0 saturated heterocycles. The van der Waals surface area contributed by atoms with Crippen molar-refractivity contribution in [1.82, 2.24) is 0 Å². The smallest absolute Gasteiger partial charge is 0.260 e. The Morgan fingerprint density at radius 1 is 1.21 bits per heavy atom. The fourth-order valence-corrected chi connectivity index (χ4v) is 2.43. The van der Waals surface area contributed by atoms with Gasteiger partial charge < -0.3 is 14.8 Å². The Labute approximate surface area is 145 Å². The van der Waals surface area contributed by atoms with E-state index in [1.165, 1.54) is 19.2 Å². The van der Waals surface area contributed by atoms with Gasteiger partial charge in [0.05, 0.1) is 12.8 Å². The van der Waals surface area contributed by atoms with E-state index in [-0.39, 0.29) is 23.1 Å². The predicted molar refractivity (Wildman–Crippen MR) is 94.5 cm³/mol. The monoisotopic (exact) mass is 351 g/mol. The number of benzene rings is 2. The van der Waals surface area contributed by atoms with E-state index in [9.17, 15) is 8.78 Å². The maximum atomic E-state index is 14.1. The Balaban J connectivity index is 2.23. The van der Waals surface area contributed by atoms with E-state index in [0.717, 1.165) is 17.5 Å². The van der Waals surface area contributed by atoms with E-state index >= 15 is 0 Å². The van der Waals surface area contributed by atoms with E-state index in [2.05, 4.69) is 5.32 Å². The Morgan fingerprint density at radius 3 is 2.62 bits per heavy atom. The first-order chi connectivity index (χ1) is 11.5. The molecule has 0 saturated carbocycles. The third kappa shape index (κ3) is 4.20. The van der Waals surface area contributed by atoms with Gasteiger partial charge in [-0.15, -0.1) is 0 Å². The third-order valence-corrected chi connectivity index (χ3v) is 3.95. The molecule has 24 heavy (non-hydrogen) atoms. The molecule has 0 aliphatic heterocycles. The van der Waals surface area contributed by atoms with Crippen molar-refractivity contribution in [3.63, 3.8) is 0 Å². The number of anilines is 1. The highest BCUT2D eigenvalue weighted by Gasteiger charge is 2.13. The number of halogens is 2. The number of thiocarbonyl (C=S) groups is 1. The van der Waals surface area contributed by atoms with Crippen LogP contribution in [0.1, 0.15) is 23.6 Å². The lowest BCUT2D eigenvalue weighted by Gasteiger charge is -2.15. The minimum atomic E-state index is -0.471. The lowest BCUT2D eigenvalue weighted by atomic mass is 10.1. The molecule has 0 aromatic heterocycles. The van der Waals surface area contributed by atoms with Crippen LogP contribution in [0.5, 0.6) is 5.75 Å². The Kier molecular flexibility index (Phi) is 6.09. The Morgan fingerprint density at radius 2 is 1.96 bits per heavy atom. The molecule has 0 spiro atoms. The summed E-state index contributed by atoms with van der Waals surface area (Å²) in [6.45, 7) is 3.71. The third-order valence-electron chi connectivity index (χ3n) is 3.68. The van der Waals surface area contributed by atoms with Gasteiger partial charge in [0, 0.05) is 5.56 Å². The molecule has 0 heterocycles. The van der Waals surface area contributed by atoms with Crippen LogP contribution in [0.2, 0.25) is 0 Å². The van der Waals surface area contributed by atoms with Gasteiger partial charge >= 0.3 is 0 Å². The van der Waals surface area contributed by atoms with E-state index in [1.54, 1.807) is 18.2 Å². The van der Waals surface area contributed by atoms with Gasteiger partial charge in [0.25, 0.3) is 5.17 Å². The number of nitrogens with one attached hydrogen (secondary N) is 1. The predicted octanol–water partition coefficient (Wildman–Crippen LogP) is 4.76. The number of rotatable bonds is 5. The number of aryl methyl sites for hydroxylation is 2. The van der Waals surface area contributed by atoms with Crippen LogP contribution in [0.3, 0.4) is 0 Å². The fourth-order valence-electron chi connectivity index (χ4n) is 2.32. The summed E-state index contributed by atoms with van der Waals surface area (Å²) in [7, 11) is 1.41. The normalized spacial score (nSPS) is 10.4. The number of ether oxygens (including phenoxy) is 2. The first-order valence-corrected chi connectivity index (χ1v) is 7.91. The lowest BCUT2D eigenvalue weighted by molar-refractivity contribution is 0.285. The standard InChI is InChI=1S/C18H19F2NO2S/c1-4-12-9-15(20)17(8-11(12)2)23-10-13-14(19)6-5-7-16(13)21-18(24)22-3/h5-9H,4,10H2,1-3H3,(H,21,24). The summed E-state index contributed by atoms with van der Waals surface area (Å²) in [5.74, 6) is -0.842. The minimum Gasteiger partial charge on any atom is -0.486 e. The maximum Gasteiger partial charge on any atom is 0.260 e. The van der Waals surface area contributed by atoms with Gasteiger partial charge in [-0.3, -0.25) is 0 Å². The van der Waals surface area contributed by atoms with Crippen molar-refractivity contribution in [1.29, 1.82) is 0 Å². The quantitative estimate of drug-likeness (QED) is 0.787. The van der Waals surface area contributed by atoms with Gasteiger partial charge in [-0.25, -0.2) is 8.78 Å². The van der Waals surface area contributed by atoms with Gasteiger partial charge in [0.15, 0.2) is 11.6 Å². The van der Waals surface area contributed by atoms with Crippen molar-refractivity contribution in [2.24, 2.45) is 0 Å². The molecule has 3 nitrogen and oxygen atoms in total. The summed E-state index contributed by atoms with van der Waals surface area (Å²) >= 11 is 4.93. The van der Waals surface area contributed by atoms with Crippen LogP contribution >= 0.6 is 12.2 Å². The Hall–Kier alpha value is -2.21. The van der Waals surface area contributed by atoms with Crippen molar-refractivity contribution in [2.45, 2.75) is 26.9 Å². The van der Waals surface area contributed by atoms with E-state index < -0.39 is 11.6 Å². The summed E-state index contributed by atoms with van der Waals surface area (Å²) in [6, 6.07) is 7.57. The highest BCUT2D eigenvalue weighted by Crippen LogP contribution is 2.26. The van der Waals surface area contributed by atoms with Gasteiger partial charge in [0.2, 0.25) is 0 Å². The maximum absolute atomic E-state index is 14.1. The SMILES string of the molecule is CCc1cc(F)c(OCc2c(F)cccc2NC(=S)OC)cc1C. The molecule has 0 radical (unpaired) electrons. The first kappa shape index (κ1) is 18.1. The molecule has 0 atom stereocenters. The average molecular weight is 351 g/mol. The van der Waals surface area contributed by atoms with Crippen LogP contribution in [0.4, 0.5) is 14.5 Å². The summed E-state index contributed by atoms with van der Waals surface area (Å²) < 4.78 is 38.6. The lowest BCUT2D eigenvalue weighted by Crippen LogP contribution is -2.14. The molecule has 128 valence electrons. The van der Waals surface area contributed by atoms with Crippen LogP contribution in [-0.4, -0.2) is 12.3 Å². The number of hydrogen-bond donors (Lipinski definition) is 1. The van der Waals surface area contributed by atoms with Gasteiger partial charge in [-0.05, 0) is 61.0 Å². The highest BCUT2D eigenvalue weighted by atomic mass is 32.1. The molecule has 2 aromatic carbocycles. The first-order valence-electron chi connectivity index (χ1n) is 7.50. The zero-order valence-corrected chi connectivity index (χ0v) is 14.6. The topological polar surface area (TPSA) is 30.5 Å². The van der Waals surface area contributed by atoms with Crippen LogP contribution in [-0.2, 0) is 17.8 Å². The van der Waals surface area contributed by atoms with Crippen LogP contribution < -0.4 is 10.1 Å². The Bertz CT molecular complexity index is 750. The van der Waals surface area contributed by atoms with Crippen LogP contribution in [0.25, 0.3) is 0 Å². The second kappa shape index (κ2) is 8.06. The van der Waals surface area contributed by atoms with Gasteiger partial charge in [-0.2, -0.15) is 0 Å². The number of methoxy groups -OCH3 is 1. The molecule has 2 aromatic rings. The number of hydrogen-bond acceptors (Lipinski definition) is 3. The second-order valence-electron chi connectivity index (χ2n) is 5.23. The van der Waals surface area contributed by atoms with Crippen molar-refractivity contribution < 1.29 is 18.3 Å². The van der Waals surface area contributed by atoms with Crippen molar-refractivity contribution in [2.75, 3.05) is 12.4 Å². The summed E-state index contributed by atoms with van der Waals surface area (Å²) in [5, 5.41) is 2.88. The van der Waals surface area contributed by atoms with Crippen LogP contribution in [0, 0.1) is 18.6 Å². The molecule has 0 aliphatic rings. The average Bonchev–Trinajstić information content (AvgIpc) is 2.56. The second-order valence-corrected chi connectivity index (χ2v) is 5.60. The molecular weight excluding hydrogens is 332 g/mol. The van der Waals surface area contributed by atoms with Gasteiger partial charge in [0.1, 0.15) is 12.4 Å². The summed E-state index contributed by atoms with van der Waals surface area (Å²) in [5.41, 5.74) is 2.51.